The van der Waals surface area contributed by atoms with Crippen molar-refractivity contribution in [3.05, 3.63) is 18.0 Å². The van der Waals surface area contributed by atoms with Gasteiger partial charge in [0.25, 0.3) is 0 Å². The molecule has 98 valence electrons. The minimum absolute atomic E-state index is 0.673. The molecule has 0 saturated carbocycles. The van der Waals surface area contributed by atoms with Crippen LogP contribution in [0.1, 0.15) is 45.7 Å². The Balaban J connectivity index is 2.20. The smallest absolute Gasteiger partial charge is 0.0492 e. The zero-order valence-electron chi connectivity index (χ0n) is 11.7. The molecule has 0 aromatic carbocycles. The average molecular weight is 237 g/mol. The molecule has 0 radical (unpaired) electrons. The van der Waals surface area contributed by atoms with Crippen molar-refractivity contribution in [2.75, 3.05) is 6.54 Å². The molecule has 1 heterocycles. The molecule has 0 spiro atoms. The summed E-state index contributed by atoms with van der Waals surface area (Å²) in [5, 5.41) is 7.76. The Morgan fingerprint density at radius 2 is 2.12 bits per heavy atom. The fourth-order valence-electron chi connectivity index (χ4n) is 2.25. The lowest BCUT2D eigenvalue weighted by molar-refractivity contribution is 0.373. The summed E-state index contributed by atoms with van der Waals surface area (Å²) in [5.74, 6) is 0.728. The SMILES string of the molecule is CCNC(CCCCc1ccnn1C)C(C)C. The van der Waals surface area contributed by atoms with Gasteiger partial charge in [0.1, 0.15) is 0 Å². The molecule has 3 nitrogen and oxygen atoms in total. The second kappa shape index (κ2) is 7.49. The highest BCUT2D eigenvalue weighted by Crippen LogP contribution is 2.12. The fraction of sp³-hybridized carbons (Fsp3) is 0.786. The van der Waals surface area contributed by atoms with E-state index < -0.39 is 0 Å². The maximum absolute atomic E-state index is 4.19. The van der Waals surface area contributed by atoms with Crippen molar-refractivity contribution in [3.8, 4) is 0 Å². The molecular formula is C14H27N3. The Labute approximate surface area is 106 Å². The molecule has 17 heavy (non-hydrogen) atoms. The molecular weight excluding hydrogens is 210 g/mol. The van der Waals surface area contributed by atoms with Crippen molar-refractivity contribution in [2.24, 2.45) is 13.0 Å². The summed E-state index contributed by atoms with van der Waals surface area (Å²) in [7, 11) is 2.02. The molecule has 1 atom stereocenters. The summed E-state index contributed by atoms with van der Waals surface area (Å²) < 4.78 is 1.98. The lowest BCUT2D eigenvalue weighted by Crippen LogP contribution is -2.33. The van der Waals surface area contributed by atoms with Gasteiger partial charge >= 0.3 is 0 Å². The van der Waals surface area contributed by atoms with Gasteiger partial charge in [-0.25, -0.2) is 0 Å². The minimum atomic E-state index is 0.673. The first-order valence-electron chi connectivity index (χ1n) is 6.85. The van der Waals surface area contributed by atoms with Crippen LogP contribution in [0.3, 0.4) is 0 Å². The normalized spacial score (nSPS) is 13.2. The average Bonchev–Trinajstić information content (AvgIpc) is 2.68. The van der Waals surface area contributed by atoms with Crippen LogP contribution in [-0.4, -0.2) is 22.4 Å². The molecule has 1 rings (SSSR count). The number of aryl methyl sites for hydroxylation is 2. The van der Waals surface area contributed by atoms with Gasteiger partial charge in [0.15, 0.2) is 0 Å². The van der Waals surface area contributed by atoms with E-state index in [-0.39, 0.29) is 0 Å². The van der Waals surface area contributed by atoms with Gasteiger partial charge in [0, 0.05) is 25.0 Å². The van der Waals surface area contributed by atoms with Crippen molar-refractivity contribution in [1.82, 2.24) is 15.1 Å². The van der Waals surface area contributed by atoms with E-state index in [4.69, 9.17) is 0 Å². The second-order valence-corrected chi connectivity index (χ2v) is 5.10. The standard InChI is InChI=1S/C14H27N3/c1-5-15-14(12(2)3)9-7-6-8-13-10-11-16-17(13)4/h10-12,14-15H,5-9H2,1-4H3. The highest BCUT2D eigenvalue weighted by molar-refractivity contribution is 4.99. The van der Waals surface area contributed by atoms with E-state index in [0.29, 0.717) is 6.04 Å². The van der Waals surface area contributed by atoms with Crippen molar-refractivity contribution in [1.29, 1.82) is 0 Å². The first kappa shape index (κ1) is 14.2. The van der Waals surface area contributed by atoms with E-state index >= 15 is 0 Å². The van der Waals surface area contributed by atoms with Gasteiger partial charge < -0.3 is 5.32 Å². The number of hydrogen-bond donors (Lipinski definition) is 1. The van der Waals surface area contributed by atoms with Crippen LogP contribution in [0.4, 0.5) is 0 Å². The molecule has 1 unspecified atom stereocenters. The topological polar surface area (TPSA) is 29.9 Å². The third-order valence-corrected chi connectivity index (χ3v) is 3.39. The van der Waals surface area contributed by atoms with Crippen molar-refractivity contribution < 1.29 is 0 Å². The van der Waals surface area contributed by atoms with E-state index in [9.17, 15) is 0 Å². The molecule has 0 saturated heterocycles. The van der Waals surface area contributed by atoms with Gasteiger partial charge in [0.2, 0.25) is 0 Å². The Morgan fingerprint density at radius 1 is 1.35 bits per heavy atom. The van der Waals surface area contributed by atoms with Crippen LogP contribution in [0.25, 0.3) is 0 Å². The lowest BCUT2D eigenvalue weighted by atomic mass is 9.97. The first-order chi connectivity index (χ1) is 8.15. The van der Waals surface area contributed by atoms with Crippen LogP contribution < -0.4 is 5.32 Å². The van der Waals surface area contributed by atoms with E-state index in [1.54, 1.807) is 0 Å². The maximum Gasteiger partial charge on any atom is 0.0492 e. The quantitative estimate of drug-likeness (QED) is 0.705. The highest BCUT2D eigenvalue weighted by atomic mass is 15.2. The number of hydrogen-bond acceptors (Lipinski definition) is 2. The van der Waals surface area contributed by atoms with Gasteiger partial charge in [0.05, 0.1) is 0 Å². The van der Waals surface area contributed by atoms with E-state index in [0.717, 1.165) is 18.9 Å². The van der Waals surface area contributed by atoms with Crippen LogP contribution in [-0.2, 0) is 13.5 Å². The number of nitrogens with one attached hydrogen (secondary N) is 1. The second-order valence-electron chi connectivity index (χ2n) is 5.10. The van der Waals surface area contributed by atoms with Gasteiger partial charge in [-0.15, -0.1) is 0 Å². The molecule has 3 heteroatoms. The maximum atomic E-state index is 4.19. The lowest BCUT2D eigenvalue weighted by Gasteiger charge is -2.21. The molecule has 0 aliphatic heterocycles. The largest absolute Gasteiger partial charge is 0.314 e. The van der Waals surface area contributed by atoms with E-state index in [1.807, 2.05) is 17.9 Å². The van der Waals surface area contributed by atoms with E-state index in [1.165, 1.54) is 25.0 Å². The molecule has 0 bridgehead atoms. The number of aromatic nitrogens is 2. The fourth-order valence-corrected chi connectivity index (χ4v) is 2.25. The zero-order chi connectivity index (χ0) is 12.7. The highest BCUT2D eigenvalue weighted by Gasteiger charge is 2.11. The van der Waals surface area contributed by atoms with Gasteiger partial charge in [-0.1, -0.05) is 27.2 Å². The third-order valence-electron chi connectivity index (χ3n) is 3.39. The summed E-state index contributed by atoms with van der Waals surface area (Å²) in [6.45, 7) is 7.86. The van der Waals surface area contributed by atoms with E-state index in [2.05, 4.69) is 37.3 Å². The summed E-state index contributed by atoms with van der Waals surface area (Å²) in [6.07, 6.45) is 6.86. The van der Waals surface area contributed by atoms with Crippen molar-refractivity contribution in [2.45, 2.75) is 52.5 Å². The van der Waals surface area contributed by atoms with Crippen LogP contribution >= 0.6 is 0 Å². The predicted octanol–water partition coefficient (Wildman–Crippen LogP) is 2.77. The number of rotatable bonds is 8. The van der Waals surface area contributed by atoms with Crippen molar-refractivity contribution in [3.63, 3.8) is 0 Å². The summed E-state index contributed by atoms with van der Waals surface area (Å²) in [5.41, 5.74) is 1.34. The molecule has 0 amide bonds. The summed E-state index contributed by atoms with van der Waals surface area (Å²) in [4.78, 5) is 0. The molecule has 1 aromatic rings. The minimum Gasteiger partial charge on any atom is -0.314 e. The van der Waals surface area contributed by atoms with Gasteiger partial charge in [-0.05, 0) is 37.8 Å². The zero-order valence-corrected chi connectivity index (χ0v) is 11.7. The van der Waals surface area contributed by atoms with Gasteiger partial charge in [-0.2, -0.15) is 5.10 Å². The van der Waals surface area contributed by atoms with Crippen LogP contribution in [0, 0.1) is 5.92 Å². The molecule has 0 aliphatic rings. The first-order valence-corrected chi connectivity index (χ1v) is 6.85. The molecule has 1 aromatic heterocycles. The number of nitrogens with zero attached hydrogens (tertiary/aromatic N) is 2. The molecule has 0 aliphatic carbocycles. The third kappa shape index (κ3) is 4.90. The Bertz CT molecular complexity index is 304. The van der Waals surface area contributed by atoms with Gasteiger partial charge in [-0.3, -0.25) is 4.68 Å². The Morgan fingerprint density at radius 3 is 2.65 bits per heavy atom. The van der Waals surface area contributed by atoms with Crippen molar-refractivity contribution >= 4 is 0 Å². The number of unbranched alkanes of at least 4 members (excludes halogenated alkanes) is 1. The van der Waals surface area contributed by atoms with Crippen LogP contribution in [0.15, 0.2) is 12.3 Å². The molecule has 1 N–H and O–H groups in total. The Kier molecular flexibility index (Phi) is 6.27. The Hall–Kier alpha value is -0.830. The summed E-state index contributed by atoms with van der Waals surface area (Å²) >= 11 is 0. The summed E-state index contributed by atoms with van der Waals surface area (Å²) in [6, 6.07) is 2.79. The van der Waals surface area contributed by atoms with Crippen LogP contribution in [0.2, 0.25) is 0 Å². The predicted molar refractivity (Wildman–Crippen MR) is 73.1 cm³/mol. The monoisotopic (exact) mass is 237 g/mol. The molecule has 0 fully saturated rings. The van der Waals surface area contributed by atoms with Crippen LogP contribution in [0.5, 0.6) is 0 Å².